The number of nitrogens with one attached hydrogen (secondary N) is 2. The molecule has 1 radical (unpaired) electrons. The fraction of sp³-hybridized carbons (Fsp3) is 0.346. The summed E-state index contributed by atoms with van der Waals surface area (Å²) < 4.78 is 5.72. The number of rotatable bonds is 15. The van der Waals surface area contributed by atoms with E-state index in [9.17, 15) is 4.79 Å². The molecular formula is C26H31BN5O2. The second-order valence-electron chi connectivity index (χ2n) is 8.31. The Balaban J connectivity index is 1.50. The number of Topliss-reactive ketones (excluding diaryl/α,β-unsaturated/α-hetero) is 1. The Hall–Kier alpha value is -3.55. The Morgan fingerprint density at radius 2 is 2.15 bits per heavy atom. The molecular weight excluding hydrogens is 425 g/mol. The van der Waals surface area contributed by atoms with Crippen molar-refractivity contribution in [3.05, 3.63) is 60.0 Å². The summed E-state index contributed by atoms with van der Waals surface area (Å²) >= 11 is 0. The number of aromatic nitrogens is 2. The molecule has 1 aromatic heterocycles. The fourth-order valence-electron chi connectivity index (χ4n) is 3.39. The Bertz CT molecular complexity index is 1050. The Morgan fingerprint density at radius 1 is 1.29 bits per heavy atom. The molecule has 0 unspecified atom stereocenters. The van der Waals surface area contributed by atoms with Crippen molar-refractivity contribution in [1.29, 1.82) is 5.41 Å². The van der Waals surface area contributed by atoms with Gasteiger partial charge in [-0.25, -0.2) is 0 Å². The van der Waals surface area contributed by atoms with Gasteiger partial charge in [0, 0.05) is 6.42 Å². The van der Waals surface area contributed by atoms with Gasteiger partial charge in [-0.15, -0.1) is 0 Å². The molecule has 0 aliphatic heterocycles. The minimum atomic E-state index is 0.0842. The number of benzene rings is 1. The first-order chi connectivity index (χ1) is 16.6. The standard InChI is InChI=1S/C26H31BN5O2/c27-16-21(17-28)24(29)9-4-13-30-25-12-14-31-26(32-25)20-6-3-8-23(15-20)34-18-22(33)7-2-1-5-19-10-11-19/h3-4,6,8-9,12,14-17,19,28H,1-2,5,7,10-11,13,18,29H2,(H,30,31,32)/b9-4-,24-21-,28-17?. The van der Waals surface area contributed by atoms with Crippen LogP contribution in [0.15, 0.2) is 60.0 Å². The molecule has 1 aromatic carbocycles. The van der Waals surface area contributed by atoms with Crippen LogP contribution in [0.3, 0.4) is 0 Å². The molecule has 0 amide bonds. The maximum atomic E-state index is 12.1. The molecule has 0 spiro atoms. The van der Waals surface area contributed by atoms with Gasteiger partial charge in [0.2, 0.25) is 0 Å². The van der Waals surface area contributed by atoms with E-state index in [-0.39, 0.29) is 12.4 Å². The third-order valence-corrected chi connectivity index (χ3v) is 5.53. The van der Waals surface area contributed by atoms with Gasteiger partial charge in [-0.3, -0.25) is 4.79 Å². The normalized spacial score (nSPS) is 13.9. The van der Waals surface area contributed by atoms with Crippen molar-refractivity contribution < 1.29 is 9.53 Å². The number of hydrogen-bond donors (Lipinski definition) is 3. The average molecular weight is 456 g/mol. The molecule has 0 saturated heterocycles. The number of allylic oxidation sites excluding steroid dienone is 2. The molecule has 4 N–H and O–H groups in total. The number of ether oxygens (including phenoxy) is 1. The summed E-state index contributed by atoms with van der Waals surface area (Å²) in [5.41, 5.74) is 7.53. The summed E-state index contributed by atoms with van der Waals surface area (Å²) in [5, 5.41) is 10.4. The second kappa shape index (κ2) is 13.2. The van der Waals surface area contributed by atoms with E-state index >= 15 is 0 Å². The number of nitrogens with two attached hydrogens (primary N) is 1. The quantitative estimate of drug-likeness (QED) is 0.162. The Labute approximate surface area is 202 Å². The number of hydrogen-bond acceptors (Lipinski definition) is 7. The number of carbonyl (C=O) groups excluding carboxylic acids is 1. The molecule has 1 aliphatic carbocycles. The van der Waals surface area contributed by atoms with E-state index in [0.29, 0.717) is 41.6 Å². The predicted molar refractivity (Wildman–Crippen MR) is 139 cm³/mol. The molecule has 0 bridgehead atoms. The van der Waals surface area contributed by atoms with Crippen molar-refractivity contribution in [3.8, 4) is 17.1 Å². The molecule has 175 valence electrons. The monoisotopic (exact) mass is 456 g/mol. The molecule has 1 aliphatic rings. The van der Waals surface area contributed by atoms with Crippen LogP contribution in [0.25, 0.3) is 11.4 Å². The van der Waals surface area contributed by atoms with Crippen LogP contribution in [0.4, 0.5) is 5.82 Å². The number of unbranched alkanes of at least 4 members (excludes halogenated alkanes) is 1. The maximum absolute atomic E-state index is 12.1. The Morgan fingerprint density at radius 3 is 2.91 bits per heavy atom. The zero-order valence-corrected chi connectivity index (χ0v) is 19.4. The van der Waals surface area contributed by atoms with Crippen molar-refractivity contribution in [2.75, 3.05) is 18.5 Å². The van der Waals surface area contributed by atoms with Gasteiger partial charge in [-0.2, -0.15) is 0 Å². The molecule has 1 heterocycles. The summed E-state index contributed by atoms with van der Waals surface area (Å²) in [4.78, 5) is 21.0. The van der Waals surface area contributed by atoms with Crippen molar-refractivity contribution in [2.45, 2.75) is 38.5 Å². The van der Waals surface area contributed by atoms with Crippen molar-refractivity contribution in [1.82, 2.24) is 9.97 Å². The fourth-order valence-corrected chi connectivity index (χ4v) is 3.39. The minimum absolute atomic E-state index is 0.0842. The second-order valence-corrected chi connectivity index (χ2v) is 8.31. The van der Waals surface area contributed by atoms with E-state index in [1.807, 2.05) is 30.3 Å². The zero-order chi connectivity index (χ0) is 24.2. The molecule has 3 rings (SSSR count). The van der Waals surface area contributed by atoms with Gasteiger partial charge in [0.25, 0.3) is 0 Å². The van der Waals surface area contributed by atoms with E-state index in [1.165, 1.54) is 25.2 Å². The van der Waals surface area contributed by atoms with Gasteiger partial charge in [-0.05, 0) is 18.4 Å². The average Bonchev–Trinajstić information content (AvgIpc) is 3.69. The third kappa shape index (κ3) is 8.43. The van der Waals surface area contributed by atoms with Crippen LogP contribution in [0.2, 0.25) is 0 Å². The van der Waals surface area contributed by atoms with Crippen LogP contribution in [0.1, 0.15) is 38.5 Å². The summed E-state index contributed by atoms with van der Waals surface area (Å²) in [6.07, 6.45) is 12.9. The molecule has 8 heteroatoms. The summed E-state index contributed by atoms with van der Waals surface area (Å²) in [6, 6.07) is 9.21. The predicted octanol–water partition coefficient (Wildman–Crippen LogP) is 3.86. The van der Waals surface area contributed by atoms with E-state index in [0.717, 1.165) is 30.5 Å². The van der Waals surface area contributed by atoms with Crippen LogP contribution in [-0.2, 0) is 4.79 Å². The first kappa shape index (κ1) is 25.1. The summed E-state index contributed by atoms with van der Waals surface area (Å²) in [7, 11) is 5.42. The number of ketones is 1. The first-order valence-electron chi connectivity index (χ1n) is 11.6. The van der Waals surface area contributed by atoms with Crippen LogP contribution < -0.4 is 15.8 Å². The van der Waals surface area contributed by atoms with Crippen molar-refractivity contribution >= 4 is 31.3 Å². The van der Waals surface area contributed by atoms with Crippen LogP contribution >= 0.6 is 0 Å². The van der Waals surface area contributed by atoms with Gasteiger partial charge >= 0.3 is 118 Å². The SMILES string of the molecule is [B]=C/C(C=N)=C(N)\C=C/CNc1ccnc(-c2cccc(OCC(=O)CCCCC3CC3)c2)n1. The topological polar surface area (TPSA) is 114 Å². The molecule has 1 fully saturated rings. The van der Waals surface area contributed by atoms with Crippen LogP contribution in [0, 0.1) is 11.3 Å². The molecule has 2 aromatic rings. The van der Waals surface area contributed by atoms with Crippen molar-refractivity contribution in [2.24, 2.45) is 11.7 Å². The van der Waals surface area contributed by atoms with Gasteiger partial charge in [0.05, 0.1) is 0 Å². The molecule has 34 heavy (non-hydrogen) atoms. The van der Waals surface area contributed by atoms with Crippen LogP contribution in [0.5, 0.6) is 5.75 Å². The molecule has 7 nitrogen and oxygen atoms in total. The van der Waals surface area contributed by atoms with Crippen molar-refractivity contribution in [3.63, 3.8) is 0 Å². The number of nitrogens with zero attached hydrogens (tertiary/aromatic N) is 2. The third-order valence-electron chi connectivity index (χ3n) is 5.53. The van der Waals surface area contributed by atoms with E-state index in [1.54, 1.807) is 18.3 Å². The summed E-state index contributed by atoms with van der Waals surface area (Å²) in [5.74, 6) is 4.16. The summed E-state index contributed by atoms with van der Waals surface area (Å²) in [6.45, 7) is 0.569. The van der Waals surface area contributed by atoms with E-state index in [2.05, 4.69) is 15.3 Å². The van der Waals surface area contributed by atoms with E-state index in [4.69, 9.17) is 23.4 Å². The van der Waals surface area contributed by atoms with Gasteiger partial charge < -0.3 is 4.74 Å². The molecule has 0 atom stereocenters. The van der Waals surface area contributed by atoms with E-state index < -0.39 is 0 Å². The van der Waals surface area contributed by atoms with Gasteiger partial charge in [-0.1, -0.05) is 31.7 Å². The first-order valence-corrected chi connectivity index (χ1v) is 11.6. The molecule has 1 saturated carbocycles. The number of anilines is 1. The van der Waals surface area contributed by atoms with Gasteiger partial charge in [0.1, 0.15) is 12.4 Å². The van der Waals surface area contributed by atoms with Crippen LogP contribution in [-0.4, -0.2) is 48.6 Å². The zero-order valence-electron chi connectivity index (χ0n) is 19.4. The van der Waals surface area contributed by atoms with Gasteiger partial charge in [0.15, 0.2) is 5.78 Å². The Kier molecular flexibility index (Phi) is 9.76. The number of carbonyl (C=O) groups is 1.